The summed E-state index contributed by atoms with van der Waals surface area (Å²) in [6, 6.07) is 23.9. The fraction of sp³-hybridized carbons (Fsp3) is 0.276. The predicted octanol–water partition coefficient (Wildman–Crippen LogP) is 5.51. The Kier molecular flexibility index (Phi) is 8.83. The van der Waals surface area contributed by atoms with Crippen LogP contribution in [0.1, 0.15) is 42.3 Å². The van der Waals surface area contributed by atoms with E-state index in [1.807, 2.05) is 89.3 Å². The molecule has 0 saturated heterocycles. The first-order chi connectivity index (χ1) is 17.0. The largest absolute Gasteiger partial charge is 0.456 e. The zero-order chi connectivity index (χ0) is 26.3. The molecular formula is C29H33N3O3S. The lowest BCUT2D eigenvalue weighted by Gasteiger charge is -2.26. The minimum absolute atomic E-state index is 0.177. The molecule has 0 heterocycles. The van der Waals surface area contributed by atoms with Crippen LogP contribution < -0.4 is 15.5 Å². The van der Waals surface area contributed by atoms with E-state index in [0.717, 1.165) is 22.5 Å². The van der Waals surface area contributed by atoms with Gasteiger partial charge in [0.05, 0.1) is 5.56 Å². The summed E-state index contributed by atoms with van der Waals surface area (Å²) in [6.45, 7) is 7.45. The number of amides is 1. The number of aryl methyl sites for hydroxylation is 1. The van der Waals surface area contributed by atoms with Gasteiger partial charge in [0.2, 0.25) is 5.91 Å². The van der Waals surface area contributed by atoms with Crippen LogP contribution in [0, 0.1) is 6.92 Å². The number of para-hydroxylation sites is 1. The van der Waals surface area contributed by atoms with Crippen LogP contribution in [0.4, 0.5) is 11.4 Å². The van der Waals surface area contributed by atoms with Crippen molar-refractivity contribution < 1.29 is 14.3 Å². The second kappa shape index (κ2) is 11.8. The molecule has 0 spiro atoms. The smallest absolute Gasteiger partial charge is 0.338 e. The van der Waals surface area contributed by atoms with Gasteiger partial charge < -0.3 is 20.3 Å². The number of rotatable bonds is 7. The van der Waals surface area contributed by atoms with Crippen molar-refractivity contribution in [1.82, 2.24) is 5.32 Å². The predicted molar refractivity (Wildman–Crippen MR) is 149 cm³/mol. The van der Waals surface area contributed by atoms with E-state index < -0.39 is 11.6 Å². The molecule has 0 bridgehead atoms. The second-order valence-corrected chi connectivity index (χ2v) is 9.99. The fourth-order valence-corrected chi connectivity index (χ4v) is 3.76. The maximum absolute atomic E-state index is 13.3. The number of carbonyl (C=O) groups excluding carboxylic acids is 2. The number of thiocarbonyl (C=S) groups is 1. The standard InChI is InChI=1S/C29H33N3O3S/c1-20-11-9-10-14-24(20)30-26(33)25(19-21-12-7-6-8-13-21)31-28(36)32(5)23-17-15-22(16-18-23)27(34)35-29(2,3)4/h6-18,25H,19H2,1-5H3,(H,30,33)(H,31,36). The van der Waals surface area contributed by atoms with Gasteiger partial charge in [0.1, 0.15) is 11.6 Å². The van der Waals surface area contributed by atoms with Crippen molar-refractivity contribution in [2.24, 2.45) is 0 Å². The molecule has 1 atom stereocenters. The number of nitrogens with zero attached hydrogens (tertiary/aromatic N) is 1. The van der Waals surface area contributed by atoms with Crippen LogP contribution in [0.15, 0.2) is 78.9 Å². The average Bonchev–Trinajstić information content (AvgIpc) is 2.84. The average molecular weight is 504 g/mol. The van der Waals surface area contributed by atoms with Crippen molar-refractivity contribution >= 4 is 40.6 Å². The minimum Gasteiger partial charge on any atom is -0.456 e. The highest BCUT2D eigenvalue weighted by Crippen LogP contribution is 2.18. The summed E-state index contributed by atoms with van der Waals surface area (Å²) in [6.07, 6.45) is 0.462. The van der Waals surface area contributed by atoms with Crippen molar-refractivity contribution in [2.75, 3.05) is 17.3 Å². The highest BCUT2D eigenvalue weighted by Gasteiger charge is 2.23. The molecule has 3 aromatic rings. The molecule has 1 amide bonds. The summed E-state index contributed by atoms with van der Waals surface area (Å²) in [5.41, 5.74) is 3.43. The third-order valence-electron chi connectivity index (χ3n) is 5.49. The summed E-state index contributed by atoms with van der Waals surface area (Å²) in [5, 5.41) is 6.64. The van der Waals surface area contributed by atoms with E-state index in [9.17, 15) is 9.59 Å². The van der Waals surface area contributed by atoms with Crippen LogP contribution in [-0.4, -0.2) is 35.7 Å². The van der Waals surface area contributed by atoms with Gasteiger partial charge in [0, 0.05) is 24.8 Å². The first-order valence-electron chi connectivity index (χ1n) is 11.8. The summed E-state index contributed by atoms with van der Waals surface area (Å²) >= 11 is 5.66. The van der Waals surface area contributed by atoms with E-state index in [4.69, 9.17) is 17.0 Å². The van der Waals surface area contributed by atoms with E-state index in [-0.39, 0.29) is 11.9 Å². The molecule has 3 rings (SSSR count). The topological polar surface area (TPSA) is 70.7 Å². The highest BCUT2D eigenvalue weighted by atomic mass is 32.1. The molecule has 188 valence electrons. The molecule has 36 heavy (non-hydrogen) atoms. The Labute approximate surface area is 218 Å². The Bertz CT molecular complexity index is 1200. The van der Waals surface area contributed by atoms with Crippen LogP contribution in [0.3, 0.4) is 0 Å². The van der Waals surface area contributed by atoms with Crippen LogP contribution in [0.5, 0.6) is 0 Å². The van der Waals surface area contributed by atoms with Gasteiger partial charge in [-0.3, -0.25) is 4.79 Å². The fourth-order valence-electron chi connectivity index (χ4n) is 3.51. The molecular weight excluding hydrogens is 470 g/mol. The molecule has 0 aromatic heterocycles. The van der Waals surface area contributed by atoms with E-state index >= 15 is 0 Å². The SMILES string of the molecule is Cc1ccccc1NC(=O)C(Cc1ccccc1)NC(=S)N(C)c1ccc(C(=O)OC(C)(C)C)cc1. The van der Waals surface area contributed by atoms with Gasteiger partial charge in [-0.15, -0.1) is 0 Å². The number of carbonyl (C=O) groups is 2. The maximum Gasteiger partial charge on any atom is 0.338 e. The molecule has 0 aliphatic rings. The third kappa shape index (κ3) is 7.65. The molecule has 2 N–H and O–H groups in total. The van der Waals surface area contributed by atoms with E-state index in [1.165, 1.54) is 0 Å². The maximum atomic E-state index is 13.3. The molecule has 0 aliphatic carbocycles. The van der Waals surface area contributed by atoms with E-state index in [1.54, 1.807) is 29.2 Å². The Morgan fingerprint density at radius 2 is 1.56 bits per heavy atom. The second-order valence-electron chi connectivity index (χ2n) is 9.60. The summed E-state index contributed by atoms with van der Waals surface area (Å²) in [5.74, 6) is -0.558. The summed E-state index contributed by atoms with van der Waals surface area (Å²) < 4.78 is 5.43. The number of ether oxygens (including phenoxy) is 1. The molecule has 0 aliphatic heterocycles. The lowest BCUT2D eigenvalue weighted by molar-refractivity contribution is -0.117. The summed E-state index contributed by atoms with van der Waals surface area (Å²) in [4.78, 5) is 27.4. The van der Waals surface area contributed by atoms with Gasteiger partial charge >= 0.3 is 5.97 Å². The zero-order valence-corrected chi connectivity index (χ0v) is 22.2. The Hall–Kier alpha value is -3.71. The number of benzene rings is 3. The normalized spacial score (nSPS) is 11.8. The van der Waals surface area contributed by atoms with Gasteiger partial charge in [-0.1, -0.05) is 48.5 Å². The highest BCUT2D eigenvalue weighted by molar-refractivity contribution is 7.80. The van der Waals surface area contributed by atoms with Gasteiger partial charge in [0.15, 0.2) is 5.11 Å². The molecule has 1 unspecified atom stereocenters. The number of nitrogens with one attached hydrogen (secondary N) is 2. The van der Waals surface area contributed by atoms with Crippen LogP contribution in [0.25, 0.3) is 0 Å². The van der Waals surface area contributed by atoms with Crippen LogP contribution in [-0.2, 0) is 16.0 Å². The van der Waals surface area contributed by atoms with Crippen molar-refractivity contribution in [3.05, 3.63) is 95.6 Å². The lowest BCUT2D eigenvalue weighted by atomic mass is 10.0. The lowest BCUT2D eigenvalue weighted by Crippen LogP contribution is -2.49. The van der Waals surface area contributed by atoms with E-state index in [0.29, 0.717) is 17.1 Å². The Morgan fingerprint density at radius 1 is 0.944 bits per heavy atom. The number of esters is 1. The minimum atomic E-state index is -0.594. The quantitative estimate of drug-likeness (QED) is 0.327. The number of hydrogen-bond acceptors (Lipinski definition) is 4. The molecule has 7 heteroatoms. The molecule has 3 aromatic carbocycles. The molecule has 0 fully saturated rings. The van der Waals surface area contributed by atoms with Crippen molar-refractivity contribution in [3.8, 4) is 0 Å². The number of hydrogen-bond donors (Lipinski definition) is 2. The first kappa shape index (κ1) is 26.9. The molecule has 6 nitrogen and oxygen atoms in total. The molecule has 0 saturated carbocycles. The number of anilines is 2. The van der Waals surface area contributed by atoms with Crippen molar-refractivity contribution in [1.29, 1.82) is 0 Å². The van der Waals surface area contributed by atoms with Gasteiger partial charge in [0.25, 0.3) is 0 Å². The zero-order valence-electron chi connectivity index (χ0n) is 21.4. The van der Waals surface area contributed by atoms with Gasteiger partial charge in [-0.25, -0.2) is 4.79 Å². The van der Waals surface area contributed by atoms with Crippen molar-refractivity contribution in [3.63, 3.8) is 0 Å². The van der Waals surface area contributed by atoms with Gasteiger partial charge in [-0.05, 0) is 81.4 Å². The van der Waals surface area contributed by atoms with Crippen LogP contribution >= 0.6 is 12.2 Å². The molecule has 0 radical (unpaired) electrons. The van der Waals surface area contributed by atoms with Crippen LogP contribution in [0.2, 0.25) is 0 Å². The Morgan fingerprint density at radius 3 is 2.17 bits per heavy atom. The van der Waals surface area contributed by atoms with Gasteiger partial charge in [-0.2, -0.15) is 0 Å². The van der Waals surface area contributed by atoms with Crippen molar-refractivity contribution in [2.45, 2.75) is 45.8 Å². The van der Waals surface area contributed by atoms with E-state index in [2.05, 4.69) is 10.6 Å². The third-order valence-corrected chi connectivity index (χ3v) is 5.89. The first-order valence-corrected chi connectivity index (χ1v) is 12.2. The summed E-state index contributed by atoms with van der Waals surface area (Å²) in [7, 11) is 1.82. The Balaban J connectivity index is 1.74. The monoisotopic (exact) mass is 503 g/mol.